The van der Waals surface area contributed by atoms with Crippen molar-refractivity contribution in [2.24, 2.45) is 0 Å². The lowest BCUT2D eigenvalue weighted by Gasteiger charge is -2.47. The first-order chi connectivity index (χ1) is 14.1. The number of hydrogen-bond donors (Lipinski definition) is 2. The van der Waals surface area contributed by atoms with Gasteiger partial charge in [-0.3, -0.25) is 9.69 Å². The summed E-state index contributed by atoms with van der Waals surface area (Å²) in [5.74, 6) is 0.496. The SMILES string of the molecule is CC(C)(C)OC(=O)N1C2CCC1(c1ccc(N)nc1)C(=O)N(c1ccc(N)nc1)C2. The zero-order chi connectivity index (χ0) is 21.7. The number of rotatable bonds is 2. The highest BCUT2D eigenvalue weighted by Crippen LogP contribution is 2.48. The van der Waals surface area contributed by atoms with Crippen LogP contribution in [0.15, 0.2) is 36.7 Å². The molecule has 2 amide bonds. The molecule has 2 fully saturated rings. The van der Waals surface area contributed by atoms with Gasteiger partial charge in [0, 0.05) is 18.3 Å². The van der Waals surface area contributed by atoms with Crippen LogP contribution in [-0.4, -0.2) is 45.1 Å². The number of pyridine rings is 2. The molecule has 2 saturated heterocycles. The number of aromatic nitrogens is 2. The monoisotopic (exact) mass is 410 g/mol. The second-order valence-electron chi connectivity index (χ2n) is 8.73. The van der Waals surface area contributed by atoms with Crippen LogP contribution in [0.1, 0.15) is 39.2 Å². The number of ether oxygens (including phenoxy) is 1. The Labute approximate surface area is 175 Å². The number of anilines is 3. The molecule has 9 heteroatoms. The topological polar surface area (TPSA) is 128 Å². The van der Waals surface area contributed by atoms with Crippen LogP contribution in [-0.2, 0) is 15.1 Å². The number of nitrogens with two attached hydrogens (primary N) is 2. The summed E-state index contributed by atoms with van der Waals surface area (Å²) in [5, 5.41) is 0. The molecule has 4 rings (SSSR count). The highest BCUT2D eigenvalue weighted by Gasteiger charge is 2.61. The van der Waals surface area contributed by atoms with E-state index in [1.807, 2.05) is 20.8 Å². The molecule has 4 N–H and O–H groups in total. The zero-order valence-electron chi connectivity index (χ0n) is 17.3. The summed E-state index contributed by atoms with van der Waals surface area (Å²) < 4.78 is 5.68. The molecule has 4 heterocycles. The van der Waals surface area contributed by atoms with E-state index >= 15 is 0 Å². The van der Waals surface area contributed by atoms with E-state index in [1.165, 1.54) is 0 Å². The number of hydrogen-bond acceptors (Lipinski definition) is 7. The van der Waals surface area contributed by atoms with Gasteiger partial charge in [0.1, 0.15) is 17.2 Å². The first kappa shape index (κ1) is 19.9. The van der Waals surface area contributed by atoms with E-state index in [0.717, 1.165) is 0 Å². The Morgan fingerprint density at radius 1 is 1.13 bits per heavy atom. The third-order valence-electron chi connectivity index (χ3n) is 5.54. The van der Waals surface area contributed by atoms with Gasteiger partial charge < -0.3 is 21.1 Å². The molecule has 0 radical (unpaired) electrons. The quantitative estimate of drug-likeness (QED) is 0.777. The summed E-state index contributed by atoms with van der Waals surface area (Å²) >= 11 is 0. The van der Waals surface area contributed by atoms with Crippen molar-refractivity contribution in [3.05, 3.63) is 42.2 Å². The fourth-order valence-corrected chi connectivity index (χ4v) is 4.29. The molecule has 30 heavy (non-hydrogen) atoms. The van der Waals surface area contributed by atoms with Gasteiger partial charge in [-0.1, -0.05) is 6.07 Å². The van der Waals surface area contributed by atoms with Crippen LogP contribution < -0.4 is 16.4 Å². The fourth-order valence-electron chi connectivity index (χ4n) is 4.29. The van der Waals surface area contributed by atoms with Crippen molar-refractivity contribution in [3.8, 4) is 0 Å². The van der Waals surface area contributed by atoms with E-state index in [2.05, 4.69) is 9.97 Å². The normalized spacial score (nSPS) is 23.6. The van der Waals surface area contributed by atoms with E-state index in [0.29, 0.717) is 42.3 Å². The number of nitrogens with zero attached hydrogens (tertiary/aromatic N) is 4. The van der Waals surface area contributed by atoms with Gasteiger partial charge in [0.25, 0.3) is 5.91 Å². The molecule has 0 spiro atoms. The predicted molar refractivity (Wildman–Crippen MR) is 112 cm³/mol. The summed E-state index contributed by atoms with van der Waals surface area (Å²) in [6, 6.07) is 6.61. The summed E-state index contributed by atoms with van der Waals surface area (Å²) in [5.41, 5.74) is 10.8. The van der Waals surface area contributed by atoms with Crippen molar-refractivity contribution in [1.82, 2.24) is 14.9 Å². The Kier molecular flexibility index (Phi) is 4.56. The smallest absolute Gasteiger partial charge is 0.411 e. The van der Waals surface area contributed by atoms with Crippen LogP contribution in [0.25, 0.3) is 0 Å². The third kappa shape index (κ3) is 3.20. The Hall–Kier alpha value is -3.36. The van der Waals surface area contributed by atoms with E-state index < -0.39 is 17.2 Å². The molecular weight excluding hydrogens is 384 g/mol. The lowest BCUT2D eigenvalue weighted by atomic mass is 9.86. The second-order valence-corrected chi connectivity index (χ2v) is 8.73. The molecule has 9 nitrogen and oxygen atoms in total. The molecule has 0 aliphatic carbocycles. The van der Waals surface area contributed by atoms with Crippen molar-refractivity contribution < 1.29 is 14.3 Å². The molecular formula is C21H26N6O3. The summed E-state index contributed by atoms with van der Waals surface area (Å²) in [6.07, 6.45) is 3.77. The number of piperazine rings is 1. The minimum atomic E-state index is -1.21. The first-order valence-electron chi connectivity index (χ1n) is 9.90. The summed E-state index contributed by atoms with van der Waals surface area (Å²) in [6.45, 7) is 5.78. The maximum absolute atomic E-state index is 13.9. The Balaban J connectivity index is 1.81. The van der Waals surface area contributed by atoms with Crippen LogP contribution in [0.4, 0.5) is 22.1 Å². The van der Waals surface area contributed by atoms with Gasteiger partial charge in [-0.05, 0) is 51.8 Å². The van der Waals surface area contributed by atoms with Crippen LogP contribution in [0.3, 0.4) is 0 Å². The molecule has 2 aliphatic heterocycles. The fraction of sp³-hybridized carbons (Fsp3) is 0.429. The average molecular weight is 410 g/mol. The summed E-state index contributed by atoms with van der Waals surface area (Å²) in [7, 11) is 0. The van der Waals surface area contributed by atoms with Crippen molar-refractivity contribution >= 4 is 29.3 Å². The Morgan fingerprint density at radius 3 is 2.37 bits per heavy atom. The van der Waals surface area contributed by atoms with Crippen LogP contribution in [0.5, 0.6) is 0 Å². The minimum absolute atomic E-state index is 0.201. The molecule has 2 aromatic heterocycles. The minimum Gasteiger partial charge on any atom is -0.444 e. The molecule has 2 aromatic rings. The van der Waals surface area contributed by atoms with Gasteiger partial charge in [0.05, 0.1) is 17.9 Å². The van der Waals surface area contributed by atoms with Crippen LogP contribution in [0.2, 0.25) is 0 Å². The molecule has 0 saturated carbocycles. The lowest BCUT2D eigenvalue weighted by molar-refractivity contribution is -0.133. The first-order valence-corrected chi connectivity index (χ1v) is 9.90. The largest absolute Gasteiger partial charge is 0.444 e. The van der Waals surface area contributed by atoms with E-state index in [9.17, 15) is 9.59 Å². The molecule has 2 bridgehead atoms. The van der Waals surface area contributed by atoms with Crippen molar-refractivity contribution in [2.45, 2.75) is 50.8 Å². The predicted octanol–water partition coefficient (Wildman–Crippen LogP) is 2.28. The summed E-state index contributed by atoms with van der Waals surface area (Å²) in [4.78, 5) is 38.7. The molecule has 2 aliphatic rings. The molecule has 158 valence electrons. The van der Waals surface area contributed by atoms with Gasteiger partial charge >= 0.3 is 6.09 Å². The van der Waals surface area contributed by atoms with E-state index in [1.54, 1.807) is 46.5 Å². The lowest BCUT2D eigenvalue weighted by Crippen LogP contribution is -2.65. The molecule has 0 aromatic carbocycles. The zero-order valence-corrected chi connectivity index (χ0v) is 17.3. The number of fused-ring (bicyclic) bond motifs is 2. The Bertz CT molecular complexity index is 970. The maximum Gasteiger partial charge on any atom is 0.411 e. The van der Waals surface area contributed by atoms with Gasteiger partial charge in [0.15, 0.2) is 5.54 Å². The molecule has 2 unspecified atom stereocenters. The van der Waals surface area contributed by atoms with E-state index in [4.69, 9.17) is 16.2 Å². The van der Waals surface area contributed by atoms with Gasteiger partial charge in [0.2, 0.25) is 0 Å². The van der Waals surface area contributed by atoms with Crippen molar-refractivity contribution in [3.63, 3.8) is 0 Å². The van der Waals surface area contributed by atoms with Crippen molar-refractivity contribution in [1.29, 1.82) is 0 Å². The Morgan fingerprint density at radius 2 is 1.80 bits per heavy atom. The third-order valence-corrected chi connectivity index (χ3v) is 5.54. The van der Waals surface area contributed by atoms with Gasteiger partial charge in [-0.2, -0.15) is 0 Å². The van der Waals surface area contributed by atoms with E-state index in [-0.39, 0.29) is 11.9 Å². The maximum atomic E-state index is 13.9. The second kappa shape index (κ2) is 6.86. The number of carbonyl (C=O) groups excluding carboxylic acids is 2. The number of nitrogen functional groups attached to an aromatic ring is 2. The molecule has 2 atom stereocenters. The number of amides is 2. The number of carbonyl (C=O) groups is 2. The van der Waals surface area contributed by atoms with Gasteiger partial charge in [-0.15, -0.1) is 0 Å². The van der Waals surface area contributed by atoms with Gasteiger partial charge in [-0.25, -0.2) is 14.8 Å². The highest BCUT2D eigenvalue weighted by molar-refractivity contribution is 6.04. The van der Waals surface area contributed by atoms with Crippen LogP contribution in [0, 0.1) is 0 Å². The van der Waals surface area contributed by atoms with Crippen LogP contribution >= 0.6 is 0 Å². The average Bonchev–Trinajstić information content (AvgIpc) is 2.99. The van der Waals surface area contributed by atoms with Crippen molar-refractivity contribution in [2.75, 3.05) is 22.9 Å². The highest BCUT2D eigenvalue weighted by atomic mass is 16.6. The standard InChI is InChI=1S/C21H26N6O3/c1-20(2,3)30-19(29)27-15-8-9-21(27,13-4-6-16(22)24-10-13)18(28)26(12-15)14-5-7-17(23)25-11-14/h4-7,10-11,15H,8-9,12H2,1-3H3,(H2,22,24)(H2,23,25).